The molecule has 4 heteroatoms. The van der Waals surface area contributed by atoms with Crippen molar-refractivity contribution in [2.75, 3.05) is 18.0 Å². The average molecular weight is 269 g/mol. The van der Waals surface area contributed by atoms with E-state index in [9.17, 15) is 4.79 Å². The van der Waals surface area contributed by atoms with Crippen molar-refractivity contribution >= 4 is 5.95 Å². The number of H-pyrrole nitrogens is 1. The molecule has 1 aromatic heterocycles. The summed E-state index contributed by atoms with van der Waals surface area (Å²) >= 11 is 0. The van der Waals surface area contributed by atoms with Crippen molar-refractivity contribution in [1.29, 1.82) is 0 Å². The van der Waals surface area contributed by atoms with Crippen LogP contribution in [0.2, 0.25) is 0 Å². The van der Waals surface area contributed by atoms with Gasteiger partial charge in [0, 0.05) is 24.7 Å². The number of rotatable bonds is 2. The maximum absolute atomic E-state index is 11.9. The average Bonchev–Trinajstić information content (AvgIpc) is 2.48. The van der Waals surface area contributed by atoms with Crippen molar-refractivity contribution in [2.45, 2.75) is 19.8 Å². The van der Waals surface area contributed by atoms with Crippen LogP contribution >= 0.6 is 0 Å². The van der Waals surface area contributed by atoms with Crippen LogP contribution in [-0.4, -0.2) is 23.1 Å². The van der Waals surface area contributed by atoms with E-state index in [4.69, 9.17) is 0 Å². The Kier molecular flexibility index (Phi) is 3.54. The van der Waals surface area contributed by atoms with Gasteiger partial charge in [0.1, 0.15) is 0 Å². The van der Waals surface area contributed by atoms with Gasteiger partial charge >= 0.3 is 0 Å². The van der Waals surface area contributed by atoms with Crippen molar-refractivity contribution in [3.8, 4) is 11.3 Å². The number of nitrogens with zero attached hydrogens (tertiary/aromatic N) is 2. The lowest BCUT2D eigenvalue weighted by molar-refractivity contribution is 0.434. The molecule has 0 radical (unpaired) electrons. The molecular formula is C16H19N3O. The van der Waals surface area contributed by atoms with E-state index in [1.165, 1.54) is 0 Å². The Morgan fingerprint density at radius 3 is 2.60 bits per heavy atom. The van der Waals surface area contributed by atoms with Gasteiger partial charge in [-0.05, 0) is 18.8 Å². The zero-order valence-electron chi connectivity index (χ0n) is 11.7. The summed E-state index contributed by atoms with van der Waals surface area (Å²) in [4.78, 5) is 21.5. The molecule has 1 fully saturated rings. The highest BCUT2D eigenvalue weighted by Crippen LogP contribution is 2.21. The summed E-state index contributed by atoms with van der Waals surface area (Å²) in [6.07, 6.45) is 2.30. The Morgan fingerprint density at radius 2 is 1.90 bits per heavy atom. The summed E-state index contributed by atoms with van der Waals surface area (Å²) in [6, 6.07) is 11.4. The minimum absolute atomic E-state index is 0.0903. The van der Waals surface area contributed by atoms with E-state index in [0.717, 1.165) is 43.1 Å². The van der Waals surface area contributed by atoms with Crippen molar-refractivity contribution in [1.82, 2.24) is 9.97 Å². The molecule has 0 unspecified atom stereocenters. The van der Waals surface area contributed by atoms with Crippen LogP contribution in [0.5, 0.6) is 0 Å². The van der Waals surface area contributed by atoms with Gasteiger partial charge in [-0.3, -0.25) is 9.78 Å². The molecule has 1 N–H and O–H groups in total. The monoisotopic (exact) mass is 269 g/mol. The third-order valence-electron chi connectivity index (χ3n) is 3.88. The maximum atomic E-state index is 11.9. The standard InChI is InChI=1S/C16H19N3O/c1-12-7-9-19(10-8-12)16-17-14(11-15(20)18-16)13-5-3-2-4-6-13/h2-6,11-12H,7-10H2,1H3,(H,17,18,20). The van der Waals surface area contributed by atoms with E-state index >= 15 is 0 Å². The number of anilines is 1. The van der Waals surface area contributed by atoms with Gasteiger partial charge in [0.2, 0.25) is 5.95 Å². The molecule has 1 saturated heterocycles. The molecule has 2 aromatic rings. The molecular weight excluding hydrogens is 250 g/mol. The van der Waals surface area contributed by atoms with E-state index in [-0.39, 0.29) is 5.56 Å². The number of aromatic amines is 1. The smallest absolute Gasteiger partial charge is 0.252 e. The normalized spacial score (nSPS) is 16.4. The lowest BCUT2D eigenvalue weighted by Crippen LogP contribution is -2.35. The third-order valence-corrected chi connectivity index (χ3v) is 3.88. The molecule has 0 atom stereocenters. The fourth-order valence-corrected chi connectivity index (χ4v) is 2.57. The van der Waals surface area contributed by atoms with Crippen LogP contribution in [0.4, 0.5) is 5.95 Å². The third kappa shape index (κ3) is 2.74. The second kappa shape index (κ2) is 5.49. The maximum Gasteiger partial charge on any atom is 0.252 e. The van der Waals surface area contributed by atoms with E-state index in [2.05, 4.69) is 21.8 Å². The fraction of sp³-hybridized carbons (Fsp3) is 0.375. The van der Waals surface area contributed by atoms with Gasteiger partial charge in [-0.25, -0.2) is 4.98 Å². The SMILES string of the molecule is CC1CCN(c2nc(-c3ccccc3)cc(=O)[nH]2)CC1. The van der Waals surface area contributed by atoms with E-state index < -0.39 is 0 Å². The van der Waals surface area contributed by atoms with Crippen LogP contribution < -0.4 is 10.5 Å². The van der Waals surface area contributed by atoms with Gasteiger partial charge in [0.25, 0.3) is 5.56 Å². The summed E-state index contributed by atoms with van der Waals surface area (Å²) in [5.41, 5.74) is 1.63. The van der Waals surface area contributed by atoms with Crippen molar-refractivity contribution in [3.05, 3.63) is 46.8 Å². The number of aromatic nitrogens is 2. The Hall–Kier alpha value is -2.10. The van der Waals surface area contributed by atoms with Crippen LogP contribution in [0.25, 0.3) is 11.3 Å². The second-order valence-electron chi connectivity index (χ2n) is 5.49. The highest BCUT2D eigenvalue weighted by Gasteiger charge is 2.18. The molecule has 0 amide bonds. The lowest BCUT2D eigenvalue weighted by atomic mass is 10.00. The topological polar surface area (TPSA) is 49.0 Å². The lowest BCUT2D eigenvalue weighted by Gasteiger charge is -2.30. The van der Waals surface area contributed by atoms with Gasteiger partial charge < -0.3 is 4.90 Å². The van der Waals surface area contributed by atoms with E-state index in [0.29, 0.717) is 5.95 Å². The Balaban J connectivity index is 1.93. The van der Waals surface area contributed by atoms with E-state index in [1.807, 2.05) is 30.3 Å². The molecule has 0 bridgehead atoms. The first-order valence-corrected chi connectivity index (χ1v) is 7.14. The number of benzene rings is 1. The summed E-state index contributed by atoms with van der Waals surface area (Å²) in [7, 11) is 0. The Bertz CT molecular complexity index is 628. The van der Waals surface area contributed by atoms with Gasteiger partial charge in [-0.2, -0.15) is 0 Å². The quantitative estimate of drug-likeness (QED) is 0.912. The highest BCUT2D eigenvalue weighted by molar-refractivity contribution is 5.59. The van der Waals surface area contributed by atoms with Gasteiger partial charge in [-0.1, -0.05) is 37.3 Å². The van der Waals surface area contributed by atoms with Crippen molar-refractivity contribution in [3.63, 3.8) is 0 Å². The Labute approximate surface area is 118 Å². The second-order valence-corrected chi connectivity index (χ2v) is 5.49. The van der Waals surface area contributed by atoms with Crippen LogP contribution in [-0.2, 0) is 0 Å². The molecule has 2 heterocycles. The van der Waals surface area contributed by atoms with Gasteiger partial charge in [0.15, 0.2) is 0 Å². The minimum Gasteiger partial charge on any atom is -0.342 e. The molecule has 0 aliphatic carbocycles. The molecule has 1 aliphatic heterocycles. The number of piperidine rings is 1. The zero-order valence-corrected chi connectivity index (χ0v) is 11.7. The highest BCUT2D eigenvalue weighted by atomic mass is 16.1. The number of hydrogen-bond acceptors (Lipinski definition) is 3. The first-order chi connectivity index (χ1) is 9.72. The van der Waals surface area contributed by atoms with Crippen LogP contribution in [0, 0.1) is 5.92 Å². The molecule has 3 rings (SSSR count). The molecule has 1 aliphatic rings. The van der Waals surface area contributed by atoms with Crippen molar-refractivity contribution in [2.24, 2.45) is 5.92 Å². The molecule has 0 spiro atoms. The van der Waals surface area contributed by atoms with Crippen LogP contribution in [0.3, 0.4) is 0 Å². The predicted octanol–water partition coefficient (Wildman–Crippen LogP) is 2.67. The molecule has 104 valence electrons. The van der Waals surface area contributed by atoms with Gasteiger partial charge in [0.05, 0.1) is 5.69 Å². The molecule has 1 aromatic carbocycles. The van der Waals surface area contributed by atoms with E-state index in [1.54, 1.807) is 6.07 Å². The molecule has 20 heavy (non-hydrogen) atoms. The molecule has 4 nitrogen and oxygen atoms in total. The predicted molar refractivity (Wildman–Crippen MR) is 80.9 cm³/mol. The van der Waals surface area contributed by atoms with Crippen LogP contribution in [0.1, 0.15) is 19.8 Å². The van der Waals surface area contributed by atoms with Crippen LogP contribution in [0.15, 0.2) is 41.2 Å². The zero-order chi connectivity index (χ0) is 13.9. The fourth-order valence-electron chi connectivity index (χ4n) is 2.57. The minimum atomic E-state index is -0.0903. The number of hydrogen-bond donors (Lipinski definition) is 1. The summed E-state index contributed by atoms with van der Waals surface area (Å²) in [6.45, 7) is 4.19. The largest absolute Gasteiger partial charge is 0.342 e. The summed E-state index contributed by atoms with van der Waals surface area (Å²) in [5, 5.41) is 0. The Morgan fingerprint density at radius 1 is 1.20 bits per heavy atom. The van der Waals surface area contributed by atoms with Crippen molar-refractivity contribution < 1.29 is 0 Å². The van der Waals surface area contributed by atoms with Gasteiger partial charge in [-0.15, -0.1) is 0 Å². The number of nitrogens with one attached hydrogen (secondary N) is 1. The summed E-state index contributed by atoms with van der Waals surface area (Å²) in [5.74, 6) is 1.46. The molecule has 0 saturated carbocycles. The summed E-state index contributed by atoms with van der Waals surface area (Å²) < 4.78 is 0. The first-order valence-electron chi connectivity index (χ1n) is 7.14. The first kappa shape index (κ1) is 12.9.